The van der Waals surface area contributed by atoms with E-state index >= 15 is 0 Å². The van der Waals surface area contributed by atoms with Gasteiger partial charge in [0.15, 0.2) is 0 Å². The maximum absolute atomic E-state index is 13.7. The zero-order valence-electron chi connectivity index (χ0n) is 22.4. The Morgan fingerprint density at radius 3 is 2.08 bits per heavy atom. The van der Waals surface area contributed by atoms with Gasteiger partial charge in [-0.2, -0.15) is 0 Å². The number of rotatable bonds is 14. The maximum atomic E-state index is 13.7. The van der Waals surface area contributed by atoms with E-state index in [2.05, 4.69) is 10.0 Å². The number of nitrogens with zero attached hydrogens (tertiary/aromatic N) is 1. The molecule has 0 heterocycles. The van der Waals surface area contributed by atoms with Crippen molar-refractivity contribution in [3.8, 4) is 0 Å². The highest BCUT2D eigenvalue weighted by Crippen LogP contribution is 2.23. The van der Waals surface area contributed by atoms with Crippen molar-refractivity contribution in [3.05, 3.63) is 102 Å². The smallest absolute Gasteiger partial charge is 0.243 e. The van der Waals surface area contributed by atoms with Crippen LogP contribution in [0.1, 0.15) is 49.3 Å². The number of hydrogen-bond donors (Lipinski definition) is 2. The highest BCUT2D eigenvalue weighted by molar-refractivity contribution is 7.89. The lowest BCUT2D eigenvalue weighted by atomic mass is 10.0. The second kappa shape index (κ2) is 13.5. The molecular formula is C31H37N3O4S. The van der Waals surface area contributed by atoms with E-state index in [0.29, 0.717) is 25.9 Å². The molecule has 0 aromatic heterocycles. The van der Waals surface area contributed by atoms with Crippen LogP contribution in [0.25, 0.3) is 0 Å². The Labute approximate surface area is 231 Å². The Balaban J connectivity index is 1.51. The molecule has 0 aliphatic heterocycles. The number of sulfonamides is 1. The second-order valence-electron chi connectivity index (χ2n) is 10.0. The van der Waals surface area contributed by atoms with Crippen LogP contribution in [0.4, 0.5) is 0 Å². The summed E-state index contributed by atoms with van der Waals surface area (Å²) < 4.78 is 27.6. The van der Waals surface area contributed by atoms with E-state index in [1.165, 1.54) is 0 Å². The van der Waals surface area contributed by atoms with Crippen molar-refractivity contribution < 1.29 is 18.0 Å². The first kappa shape index (κ1) is 28.5. The fourth-order valence-corrected chi connectivity index (χ4v) is 5.72. The quantitative estimate of drug-likeness (QED) is 0.316. The van der Waals surface area contributed by atoms with Gasteiger partial charge in [-0.3, -0.25) is 9.59 Å². The number of amides is 2. The van der Waals surface area contributed by atoms with E-state index in [1.807, 2.05) is 67.6 Å². The molecule has 2 amide bonds. The molecule has 0 radical (unpaired) electrons. The Bertz CT molecular complexity index is 1330. The van der Waals surface area contributed by atoms with E-state index in [1.54, 1.807) is 29.2 Å². The van der Waals surface area contributed by atoms with E-state index in [0.717, 1.165) is 36.0 Å². The largest absolute Gasteiger partial charge is 0.354 e. The molecule has 4 rings (SSSR count). The van der Waals surface area contributed by atoms with Crippen LogP contribution in [-0.4, -0.2) is 43.8 Å². The molecule has 1 saturated carbocycles. The molecule has 1 aliphatic rings. The standard InChI is InChI=1S/C31H37N3O4S/c1-2-21-32-31(36)29(22-25-9-5-3-6-10-25)34(23-26-11-7-4-8-12-26)30(35)20-15-24-13-18-28(19-14-24)39(37,38)33-27-16-17-27/h3-14,18-19,27,29,33H,2,15-17,20-23H2,1H3,(H,32,36)/t29-/m1/s1. The number of nitrogens with one attached hydrogen (secondary N) is 2. The zero-order valence-corrected chi connectivity index (χ0v) is 23.2. The number of hydrogen-bond acceptors (Lipinski definition) is 4. The van der Waals surface area contributed by atoms with Gasteiger partial charge in [0.1, 0.15) is 6.04 Å². The average molecular weight is 548 g/mol. The molecule has 3 aromatic carbocycles. The topological polar surface area (TPSA) is 95.6 Å². The molecule has 39 heavy (non-hydrogen) atoms. The Morgan fingerprint density at radius 2 is 1.49 bits per heavy atom. The molecule has 7 nitrogen and oxygen atoms in total. The van der Waals surface area contributed by atoms with Gasteiger partial charge in [-0.15, -0.1) is 0 Å². The predicted octanol–water partition coefficient (Wildman–Crippen LogP) is 4.23. The van der Waals surface area contributed by atoms with Gasteiger partial charge < -0.3 is 10.2 Å². The van der Waals surface area contributed by atoms with Crippen LogP contribution < -0.4 is 10.0 Å². The van der Waals surface area contributed by atoms with Crippen LogP contribution in [0.5, 0.6) is 0 Å². The van der Waals surface area contributed by atoms with Crippen LogP contribution in [0.3, 0.4) is 0 Å². The molecule has 1 aliphatic carbocycles. The third-order valence-corrected chi connectivity index (χ3v) is 8.31. The van der Waals surface area contributed by atoms with Crippen molar-refractivity contribution in [3.63, 3.8) is 0 Å². The lowest BCUT2D eigenvalue weighted by Crippen LogP contribution is -2.50. The normalized spacial score (nSPS) is 14.0. The monoisotopic (exact) mass is 547 g/mol. The molecule has 1 fully saturated rings. The summed E-state index contributed by atoms with van der Waals surface area (Å²) in [4.78, 5) is 29.0. The highest BCUT2D eigenvalue weighted by atomic mass is 32.2. The van der Waals surface area contributed by atoms with Gasteiger partial charge in [-0.1, -0.05) is 79.7 Å². The summed E-state index contributed by atoms with van der Waals surface area (Å²) in [5.74, 6) is -0.291. The van der Waals surface area contributed by atoms with Crippen LogP contribution in [0, 0.1) is 0 Å². The predicted molar refractivity (Wildman–Crippen MR) is 152 cm³/mol. The van der Waals surface area contributed by atoms with E-state index < -0.39 is 16.1 Å². The molecule has 0 unspecified atom stereocenters. The van der Waals surface area contributed by atoms with Gasteiger partial charge >= 0.3 is 0 Å². The average Bonchev–Trinajstić information content (AvgIpc) is 3.77. The lowest BCUT2D eigenvalue weighted by molar-refractivity contribution is -0.141. The molecule has 0 bridgehead atoms. The summed E-state index contributed by atoms with van der Waals surface area (Å²) in [5.41, 5.74) is 2.80. The fraction of sp³-hybridized carbons (Fsp3) is 0.355. The summed E-state index contributed by atoms with van der Waals surface area (Å²) in [6.45, 7) is 2.86. The Kier molecular flexibility index (Phi) is 9.90. The van der Waals surface area contributed by atoms with Crippen molar-refractivity contribution in [1.82, 2.24) is 14.9 Å². The van der Waals surface area contributed by atoms with Crippen LogP contribution in [0.15, 0.2) is 89.8 Å². The van der Waals surface area contributed by atoms with Crippen LogP contribution in [-0.2, 0) is 39.0 Å². The molecule has 2 N–H and O–H groups in total. The molecule has 1 atom stereocenters. The van der Waals surface area contributed by atoms with Crippen LogP contribution in [0.2, 0.25) is 0 Å². The first-order valence-corrected chi connectivity index (χ1v) is 15.1. The number of aryl methyl sites for hydroxylation is 1. The summed E-state index contributed by atoms with van der Waals surface area (Å²) >= 11 is 0. The van der Waals surface area contributed by atoms with Crippen molar-refractivity contribution in [2.24, 2.45) is 0 Å². The fourth-order valence-electron chi connectivity index (χ4n) is 4.42. The molecule has 8 heteroatoms. The SMILES string of the molecule is CCCNC(=O)[C@@H](Cc1ccccc1)N(Cc1ccccc1)C(=O)CCc1ccc(S(=O)(=O)NC2CC2)cc1. The second-order valence-corrected chi connectivity index (χ2v) is 11.8. The minimum absolute atomic E-state index is 0.0428. The summed E-state index contributed by atoms with van der Waals surface area (Å²) in [6.07, 6.45) is 3.61. The van der Waals surface area contributed by atoms with Crippen LogP contribution >= 0.6 is 0 Å². The molecule has 0 saturated heterocycles. The number of carbonyl (C=O) groups excluding carboxylic acids is 2. The minimum atomic E-state index is -3.52. The first-order chi connectivity index (χ1) is 18.9. The third-order valence-electron chi connectivity index (χ3n) is 6.78. The van der Waals surface area contributed by atoms with Gasteiger partial charge in [-0.25, -0.2) is 13.1 Å². The minimum Gasteiger partial charge on any atom is -0.354 e. The molecule has 206 valence electrons. The van der Waals surface area contributed by atoms with Gasteiger partial charge in [0, 0.05) is 32.0 Å². The van der Waals surface area contributed by atoms with E-state index in [-0.39, 0.29) is 29.2 Å². The summed E-state index contributed by atoms with van der Waals surface area (Å²) in [7, 11) is -3.52. The van der Waals surface area contributed by atoms with Crippen molar-refractivity contribution >= 4 is 21.8 Å². The Morgan fingerprint density at radius 1 is 0.872 bits per heavy atom. The third kappa shape index (κ3) is 8.50. The first-order valence-electron chi connectivity index (χ1n) is 13.6. The van der Waals surface area contributed by atoms with Gasteiger partial charge in [-0.05, 0) is 54.5 Å². The number of benzene rings is 3. The van der Waals surface area contributed by atoms with Crippen molar-refractivity contribution in [2.75, 3.05) is 6.54 Å². The van der Waals surface area contributed by atoms with Crippen molar-refractivity contribution in [2.45, 2.75) is 69.0 Å². The molecule has 3 aromatic rings. The van der Waals surface area contributed by atoms with Crippen molar-refractivity contribution in [1.29, 1.82) is 0 Å². The summed E-state index contributed by atoms with van der Waals surface area (Å²) in [5, 5.41) is 2.99. The number of carbonyl (C=O) groups is 2. The van der Waals surface area contributed by atoms with Gasteiger partial charge in [0.2, 0.25) is 21.8 Å². The van der Waals surface area contributed by atoms with Gasteiger partial charge in [0.25, 0.3) is 0 Å². The maximum Gasteiger partial charge on any atom is 0.243 e. The summed E-state index contributed by atoms with van der Waals surface area (Å²) in [6, 6.07) is 25.5. The zero-order chi connectivity index (χ0) is 27.7. The van der Waals surface area contributed by atoms with E-state index in [4.69, 9.17) is 0 Å². The Hall–Kier alpha value is -3.49. The molecular weight excluding hydrogens is 510 g/mol. The molecule has 0 spiro atoms. The highest BCUT2D eigenvalue weighted by Gasteiger charge is 2.30. The van der Waals surface area contributed by atoms with E-state index in [9.17, 15) is 18.0 Å². The lowest BCUT2D eigenvalue weighted by Gasteiger charge is -2.31. The van der Waals surface area contributed by atoms with Gasteiger partial charge in [0.05, 0.1) is 4.90 Å².